The molecule has 1 saturated carbocycles. The van der Waals surface area contributed by atoms with E-state index >= 15 is 0 Å². The summed E-state index contributed by atoms with van der Waals surface area (Å²) in [6.07, 6.45) is 9.26. The summed E-state index contributed by atoms with van der Waals surface area (Å²) in [5.74, 6) is 1.00. The lowest BCUT2D eigenvalue weighted by molar-refractivity contribution is -0.119. The zero-order valence-corrected chi connectivity index (χ0v) is 15.8. The summed E-state index contributed by atoms with van der Waals surface area (Å²) in [5.41, 5.74) is 3.13. The molecular weight excluding hydrogens is 308 g/mol. The Morgan fingerprint density at radius 3 is 2.56 bits per heavy atom. The first kappa shape index (κ1) is 17.1. The standard InChI is InChI=1S/C22H32N2O/c1-16(18-7-3-4-8-18)24-13-11-22(12-14-24)15-21(23-17(2)25)19-9-5-6-10-20(19)22/h5-6,9-10,16,18,21H,3-4,7-8,11-15H2,1-2H3,(H,23,25)/t16-,21+/m0/s1. The lowest BCUT2D eigenvalue weighted by Gasteiger charge is -2.44. The molecule has 1 saturated heterocycles. The summed E-state index contributed by atoms with van der Waals surface area (Å²) < 4.78 is 0. The Morgan fingerprint density at radius 2 is 1.88 bits per heavy atom. The second-order valence-corrected chi connectivity index (χ2v) is 8.65. The molecule has 2 aliphatic carbocycles. The number of carbonyl (C=O) groups is 1. The molecular formula is C22H32N2O. The zero-order chi connectivity index (χ0) is 17.4. The first-order valence-electron chi connectivity index (χ1n) is 10.2. The van der Waals surface area contributed by atoms with Gasteiger partial charge in [-0.15, -0.1) is 0 Å². The zero-order valence-electron chi connectivity index (χ0n) is 15.8. The summed E-state index contributed by atoms with van der Waals surface area (Å²) in [7, 11) is 0. The van der Waals surface area contributed by atoms with Gasteiger partial charge in [0.05, 0.1) is 6.04 Å². The second kappa shape index (κ2) is 6.75. The highest BCUT2D eigenvalue weighted by molar-refractivity contribution is 5.73. The molecule has 25 heavy (non-hydrogen) atoms. The average Bonchev–Trinajstić information content (AvgIpc) is 3.23. The van der Waals surface area contributed by atoms with E-state index in [-0.39, 0.29) is 17.4 Å². The monoisotopic (exact) mass is 340 g/mol. The maximum Gasteiger partial charge on any atom is 0.217 e. The van der Waals surface area contributed by atoms with Gasteiger partial charge in [-0.3, -0.25) is 4.79 Å². The van der Waals surface area contributed by atoms with Crippen LogP contribution in [0.4, 0.5) is 0 Å². The van der Waals surface area contributed by atoms with Crippen molar-refractivity contribution < 1.29 is 4.79 Å². The molecule has 0 radical (unpaired) electrons. The van der Waals surface area contributed by atoms with Crippen molar-refractivity contribution in [3.63, 3.8) is 0 Å². The van der Waals surface area contributed by atoms with Gasteiger partial charge in [0.15, 0.2) is 0 Å². The van der Waals surface area contributed by atoms with Crippen molar-refractivity contribution in [3.8, 4) is 0 Å². The van der Waals surface area contributed by atoms with E-state index in [1.165, 1.54) is 62.7 Å². The molecule has 3 nitrogen and oxygen atoms in total. The molecule has 1 aromatic carbocycles. The quantitative estimate of drug-likeness (QED) is 0.895. The lowest BCUT2D eigenvalue weighted by Crippen LogP contribution is -2.47. The van der Waals surface area contributed by atoms with Crippen molar-refractivity contribution in [2.24, 2.45) is 5.92 Å². The molecule has 2 fully saturated rings. The third-order valence-corrected chi connectivity index (χ3v) is 7.29. The number of nitrogens with zero attached hydrogens (tertiary/aromatic N) is 1. The number of amides is 1. The molecule has 3 heteroatoms. The van der Waals surface area contributed by atoms with Gasteiger partial charge in [0.2, 0.25) is 5.91 Å². The number of benzene rings is 1. The molecule has 0 unspecified atom stereocenters. The minimum atomic E-state index is 0.0872. The molecule has 1 amide bonds. The van der Waals surface area contributed by atoms with Crippen LogP contribution in [0, 0.1) is 5.92 Å². The molecule has 1 aliphatic heterocycles. The van der Waals surface area contributed by atoms with Gasteiger partial charge in [-0.2, -0.15) is 0 Å². The van der Waals surface area contributed by atoms with Gasteiger partial charge in [-0.25, -0.2) is 0 Å². The number of likely N-dealkylation sites (tertiary alicyclic amines) is 1. The van der Waals surface area contributed by atoms with Crippen LogP contribution >= 0.6 is 0 Å². The predicted molar refractivity (Wildman–Crippen MR) is 102 cm³/mol. The number of hydrogen-bond donors (Lipinski definition) is 1. The Hall–Kier alpha value is -1.35. The van der Waals surface area contributed by atoms with Crippen LogP contribution in [0.3, 0.4) is 0 Å². The van der Waals surface area contributed by atoms with Crippen molar-refractivity contribution in [2.75, 3.05) is 13.1 Å². The van der Waals surface area contributed by atoms with Crippen LogP contribution < -0.4 is 5.32 Å². The third kappa shape index (κ3) is 3.12. The average molecular weight is 341 g/mol. The minimum absolute atomic E-state index is 0.0872. The second-order valence-electron chi connectivity index (χ2n) is 8.65. The van der Waals surface area contributed by atoms with Crippen molar-refractivity contribution in [3.05, 3.63) is 35.4 Å². The molecule has 1 N–H and O–H groups in total. The van der Waals surface area contributed by atoms with E-state index in [9.17, 15) is 4.79 Å². The van der Waals surface area contributed by atoms with Crippen molar-refractivity contribution >= 4 is 5.91 Å². The normalized spacial score (nSPS) is 27.4. The van der Waals surface area contributed by atoms with Gasteiger partial charge in [-0.05, 0) is 69.2 Å². The van der Waals surface area contributed by atoms with Gasteiger partial charge in [-0.1, -0.05) is 37.1 Å². The van der Waals surface area contributed by atoms with E-state index in [0.717, 1.165) is 18.4 Å². The van der Waals surface area contributed by atoms with Gasteiger partial charge >= 0.3 is 0 Å². The maximum atomic E-state index is 11.6. The molecule has 0 bridgehead atoms. The van der Waals surface area contributed by atoms with E-state index in [2.05, 4.69) is 41.4 Å². The fraction of sp³-hybridized carbons (Fsp3) is 0.682. The minimum Gasteiger partial charge on any atom is -0.349 e. The van der Waals surface area contributed by atoms with E-state index in [1.807, 2.05) is 0 Å². The number of nitrogens with one attached hydrogen (secondary N) is 1. The van der Waals surface area contributed by atoms with Gasteiger partial charge < -0.3 is 10.2 Å². The van der Waals surface area contributed by atoms with Crippen molar-refractivity contribution in [1.29, 1.82) is 0 Å². The molecule has 4 rings (SSSR count). The SMILES string of the molecule is CC(=O)N[C@@H]1CC2(CCN([C@@H](C)C3CCCC3)CC2)c2ccccc21. The highest BCUT2D eigenvalue weighted by Crippen LogP contribution is 2.51. The molecule has 1 heterocycles. The Balaban J connectivity index is 1.49. The van der Waals surface area contributed by atoms with Crippen LogP contribution in [-0.4, -0.2) is 29.9 Å². The van der Waals surface area contributed by atoms with E-state index in [0.29, 0.717) is 0 Å². The fourth-order valence-corrected chi connectivity index (χ4v) is 5.84. The van der Waals surface area contributed by atoms with E-state index in [4.69, 9.17) is 0 Å². The largest absolute Gasteiger partial charge is 0.349 e. The van der Waals surface area contributed by atoms with E-state index < -0.39 is 0 Å². The van der Waals surface area contributed by atoms with Gasteiger partial charge in [0.25, 0.3) is 0 Å². The first-order chi connectivity index (χ1) is 12.1. The number of hydrogen-bond acceptors (Lipinski definition) is 2. The Kier molecular flexibility index (Phi) is 4.61. The molecule has 1 spiro atoms. The molecule has 2 atom stereocenters. The maximum absolute atomic E-state index is 11.6. The number of piperidine rings is 1. The summed E-state index contributed by atoms with van der Waals surface area (Å²) in [5, 5.41) is 3.20. The van der Waals surface area contributed by atoms with Crippen LogP contribution in [0.2, 0.25) is 0 Å². The summed E-state index contributed by atoms with van der Waals surface area (Å²) >= 11 is 0. The fourth-order valence-electron chi connectivity index (χ4n) is 5.84. The predicted octanol–water partition coefficient (Wildman–Crippen LogP) is 4.18. The summed E-state index contributed by atoms with van der Waals surface area (Å²) in [4.78, 5) is 14.4. The number of rotatable bonds is 3. The topological polar surface area (TPSA) is 32.3 Å². The van der Waals surface area contributed by atoms with Crippen LogP contribution in [0.25, 0.3) is 0 Å². The van der Waals surface area contributed by atoms with Crippen molar-refractivity contribution in [2.45, 2.75) is 76.3 Å². The Bertz CT molecular complexity index is 627. The lowest BCUT2D eigenvalue weighted by atomic mass is 9.73. The molecule has 3 aliphatic rings. The Labute approximate surface area is 152 Å². The third-order valence-electron chi connectivity index (χ3n) is 7.29. The van der Waals surface area contributed by atoms with Crippen LogP contribution in [0.5, 0.6) is 0 Å². The van der Waals surface area contributed by atoms with Gasteiger partial charge in [0.1, 0.15) is 0 Å². The van der Waals surface area contributed by atoms with Crippen LogP contribution in [0.15, 0.2) is 24.3 Å². The van der Waals surface area contributed by atoms with E-state index in [1.54, 1.807) is 6.92 Å². The smallest absolute Gasteiger partial charge is 0.217 e. The summed E-state index contributed by atoms with van der Waals surface area (Å²) in [6, 6.07) is 9.76. The Morgan fingerprint density at radius 1 is 1.20 bits per heavy atom. The highest BCUT2D eigenvalue weighted by Gasteiger charge is 2.46. The van der Waals surface area contributed by atoms with Crippen LogP contribution in [0.1, 0.15) is 76.0 Å². The van der Waals surface area contributed by atoms with Gasteiger partial charge in [0, 0.05) is 18.4 Å². The first-order valence-corrected chi connectivity index (χ1v) is 10.2. The highest BCUT2D eigenvalue weighted by atomic mass is 16.1. The molecule has 0 aromatic heterocycles. The molecule has 136 valence electrons. The number of carbonyl (C=O) groups excluding carboxylic acids is 1. The van der Waals surface area contributed by atoms with Crippen molar-refractivity contribution in [1.82, 2.24) is 10.2 Å². The van der Waals surface area contributed by atoms with Crippen LogP contribution in [-0.2, 0) is 10.2 Å². The number of fused-ring (bicyclic) bond motifs is 2. The summed E-state index contributed by atoms with van der Waals surface area (Å²) in [6.45, 7) is 6.51. The molecule has 1 aromatic rings.